The SMILES string of the molecule is C=S(=C)(C)N1CCC(C2CNc3cc(F)ccc32)CC1. The second kappa shape index (κ2) is 5.08. The topological polar surface area (TPSA) is 15.3 Å². The van der Waals surface area contributed by atoms with Gasteiger partial charge in [-0.3, -0.25) is 4.31 Å². The zero-order valence-corrected chi connectivity index (χ0v) is 12.9. The summed E-state index contributed by atoms with van der Waals surface area (Å²) >= 11 is 0. The van der Waals surface area contributed by atoms with E-state index in [4.69, 9.17) is 0 Å². The Hall–Kier alpha value is -1.00. The molecule has 0 radical (unpaired) electrons. The molecular weight excluding hydrogens is 271 g/mol. The molecule has 0 aliphatic carbocycles. The molecule has 1 atom stereocenters. The van der Waals surface area contributed by atoms with Crippen molar-refractivity contribution >= 4 is 26.8 Å². The van der Waals surface area contributed by atoms with Crippen LogP contribution in [0.5, 0.6) is 0 Å². The van der Waals surface area contributed by atoms with Crippen molar-refractivity contribution in [3.05, 3.63) is 29.6 Å². The number of nitrogens with zero attached hydrogens (tertiary/aromatic N) is 1. The molecule has 1 aromatic rings. The molecule has 0 bridgehead atoms. The molecule has 0 spiro atoms. The molecule has 1 saturated heterocycles. The first-order valence-corrected chi connectivity index (χ1v) is 9.51. The third kappa shape index (κ3) is 2.59. The van der Waals surface area contributed by atoms with E-state index in [1.54, 1.807) is 12.1 Å². The van der Waals surface area contributed by atoms with Gasteiger partial charge >= 0.3 is 0 Å². The number of hydrogen-bond donors (Lipinski definition) is 1. The zero-order valence-electron chi connectivity index (χ0n) is 12.1. The molecule has 2 nitrogen and oxygen atoms in total. The largest absolute Gasteiger partial charge is 0.384 e. The first-order valence-electron chi connectivity index (χ1n) is 7.18. The van der Waals surface area contributed by atoms with Crippen molar-refractivity contribution in [3.63, 3.8) is 0 Å². The highest BCUT2D eigenvalue weighted by Crippen LogP contribution is 2.42. The summed E-state index contributed by atoms with van der Waals surface area (Å²) in [4.78, 5) is 0. The summed E-state index contributed by atoms with van der Waals surface area (Å²) < 4.78 is 15.7. The Kier molecular flexibility index (Phi) is 3.55. The van der Waals surface area contributed by atoms with E-state index >= 15 is 0 Å². The molecule has 3 rings (SSSR count). The minimum absolute atomic E-state index is 0.153. The van der Waals surface area contributed by atoms with Gasteiger partial charge in [-0.15, -0.1) is 0 Å². The molecule has 0 saturated carbocycles. The molecule has 1 unspecified atom stereocenters. The summed E-state index contributed by atoms with van der Waals surface area (Å²) in [6, 6.07) is 5.17. The minimum atomic E-state index is -1.07. The molecule has 1 N–H and O–H groups in total. The van der Waals surface area contributed by atoms with Gasteiger partial charge in [0.05, 0.1) is 0 Å². The summed E-state index contributed by atoms with van der Waals surface area (Å²) in [5, 5.41) is 3.36. The Morgan fingerprint density at radius 2 is 2.00 bits per heavy atom. The Balaban J connectivity index is 1.72. The number of fused-ring (bicyclic) bond motifs is 1. The highest BCUT2D eigenvalue weighted by atomic mass is 32.2. The second-order valence-electron chi connectivity index (χ2n) is 6.21. The van der Waals surface area contributed by atoms with Crippen molar-refractivity contribution in [1.82, 2.24) is 4.31 Å². The zero-order chi connectivity index (χ0) is 14.3. The fraction of sp³-hybridized carbons (Fsp3) is 0.500. The van der Waals surface area contributed by atoms with Crippen molar-refractivity contribution in [2.24, 2.45) is 5.92 Å². The van der Waals surface area contributed by atoms with Crippen LogP contribution in [-0.2, 0) is 0 Å². The minimum Gasteiger partial charge on any atom is -0.384 e. The average molecular weight is 294 g/mol. The number of anilines is 1. The molecule has 2 aliphatic heterocycles. The van der Waals surface area contributed by atoms with E-state index in [2.05, 4.69) is 27.6 Å². The van der Waals surface area contributed by atoms with E-state index in [0.29, 0.717) is 11.8 Å². The van der Waals surface area contributed by atoms with Crippen molar-refractivity contribution in [1.29, 1.82) is 0 Å². The van der Waals surface area contributed by atoms with Crippen LogP contribution in [0.25, 0.3) is 0 Å². The summed E-state index contributed by atoms with van der Waals surface area (Å²) in [6.45, 7) is 3.13. The predicted molar refractivity (Wildman–Crippen MR) is 89.7 cm³/mol. The van der Waals surface area contributed by atoms with Gasteiger partial charge in [0.2, 0.25) is 0 Å². The van der Waals surface area contributed by atoms with Crippen LogP contribution in [0.2, 0.25) is 0 Å². The number of hydrogen-bond acceptors (Lipinski definition) is 2. The van der Waals surface area contributed by atoms with Gasteiger partial charge in [-0.05, 0) is 42.7 Å². The van der Waals surface area contributed by atoms with Crippen LogP contribution in [0.3, 0.4) is 0 Å². The Labute approximate surface area is 121 Å². The van der Waals surface area contributed by atoms with Crippen LogP contribution in [-0.4, -0.2) is 41.9 Å². The fourth-order valence-corrected chi connectivity index (χ4v) is 4.57. The van der Waals surface area contributed by atoms with Crippen LogP contribution in [0.15, 0.2) is 18.2 Å². The lowest BCUT2D eigenvalue weighted by Crippen LogP contribution is -2.33. The van der Waals surface area contributed by atoms with E-state index in [1.807, 2.05) is 6.07 Å². The van der Waals surface area contributed by atoms with Crippen LogP contribution in [0.1, 0.15) is 24.3 Å². The van der Waals surface area contributed by atoms with Crippen molar-refractivity contribution in [2.45, 2.75) is 18.8 Å². The van der Waals surface area contributed by atoms with Crippen molar-refractivity contribution < 1.29 is 4.39 Å². The average Bonchev–Trinajstić information content (AvgIpc) is 2.80. The number of halogens is 1. The van der Waals surface area contributed by atoms with E-state index in [1.165, 1.54) is 18.4 Å². The number of nitrogens with one attached hydrogen (secondary N) is 1. The van der Waals surface area contributed by atoms with E-state index in [9.17, 15) is 4.39 Å². The van der Waals surface area contributed by atoms with Crippen LogP contribution in [0.4, 0.5) is 10.1 Å². The van der Waals surface area contributed by atoms with Gasteiger partial charge in [0, 0.05) is 31.2 Å². The maximum absolute atomic E-state index is 13.3. The lowest BCUT2D eigenvalue weighted by molar-refractivity contribution is 0.263. The Morgan fingerprint density at radius 1 is 1.30 bits per heavy atom. The molecule has 1 fully saturated rings. The van der Waals surface area contributed by atoms with Gasteiger partial charge < -0.3 is 5.32 Å². The number of rotatable bonds is 2. The van der Waals surface area contributed by atoms with Gasteiger partial charge in [-0.1, -0.05) is 17.8 Å². The van der Waals surface area contributed by atoms with Gasteiger partial charge in [0.25, 0.3) is 0 Å². The summed E-state index contributed by atoms with van der Waals surface area (Å²) in [7, 11) is -1.07. The Bertz CT molecular complexity index is 601. The van der Waals surface area contributed by atoms with E-state index in [-0.39, 0.29) is 5.82 Å². The first kappa shape index (κ1) is 14.0. The molecule has 2 aliphatic rings. The smallest absolute Gasteiger partial charge is 0.125 e. The third-order valence-electron chi connectivity index (χ3n) is 4.62. The molecule has 1 aromatic carbocycles. The van der Waals surface area contributed by atoms with E-state index < -0.39 is 9.39 Å². The van der Waals surface area contributed by atoms with Gasteiger partial charge in [0.1, 0.15) is 5.82 Å². The van der Waals surface area contributed by atoms with Crippen LogP contribution < -0.4 is 5.32 Å². The van der Waals surface area contributed by atoms with Gasteiger partial charge in [0.15, 0.2) is 0 Å². The highest BCUT2D eigenvalue weighted by Gasteiger charge is 2.32. The second-order valence-corrected chi connectivity index (χ2v) is 9.17. The molecule has 110 valence electrons. The maximum atomic E-state index is 13.3. The van der Waals surface area contributed by atoms with Gasteiger partial charge in [-0.25, -0.2) is 4.39 Å². The van der Waals surface area contributed by atoms with Crippen LogP contribution in [0, 0.1) is 11.7 Å². The van der Waals surface area contributed by atoms with Gasteiger partial charge in [-0.2, -0.15) is 9.39 Å². The molecular formula is C16H23FN2S. The quantitative estimate of drug-likeness (QED) is 0.842. The molecule has 4 heteroatoms. The first-order chi connectivity index (χ1) is 9.45. The highest BCUT2D eigenvalue weighted by molar-refractivity contribution is 8.25. The summed E-state index contributed by atoms with van der Waals surface area (Å²) in [5.74, 6) is 9.48. The fourth-order valence-electron chi connectivity index (χ4n) is 3.47. The van der Waals surface area contributed by atoms with Crippen molar-refractivity contribution in [3.8, 4) is 0 Å². The maximum Gasteiger partial charge on any atom is 0.125 e. The normalized spacial score (nSPS) is 24.4. The number of piperidine rings is 1. The Morgan fingerprint density at radius 3 is 2.65 bits per heavy atom. The van der Waals surface area contributed by atoms with Crippen LogP contribution >= 0.6 is 9.39 Å². The molecule has 2 heterocycles. The summed E-state index contributed by atoms with van der Waals surface area (Å²) in [5.41, 5.74) is 2.28. The molecule has 0 amide bonds. The van der Waals surface area contributed by atoms with Crippen molar-refractivity contribution in [2.75, 3.05) is 31.2 Å². The lowest BCUT2D eigenvalue weighted by Gasteiger charge is -2.37. The molecule has 20 heavy (non-hydrogen) atoms. The monoisotopic (exact) mass is 294 g/mol. The third-order valence-corrected chi connectivity index (χ3v) is 6.23. The molecule has 0 aromatic heterocycles. The number of benzene rings is 1. The summed E-state index contributed by atoms with van der Waals surface area (Å²) in [6.07, 6.45) is 4.54. The standard InChI is InChI=1S/C16H23FN2S/c1-20(2,3)19-8-6-12(7-9-19)15-11-18-16-10-13(17)4-5-14(15)16/h4-5,10,12,15,18H,1-2,6-9,11H2,3H3. The predicted octanol–water partition coefficient (Wildman–Crippen LogP) is 3.26. The lowest BCUT2D eigenvalue weighted by atomic mass is 9.81. The van der Waals surface area contributed by atoms with E-state index in [0.717, 1.165) is 25.3 Å².